The highest BCUT2D eigenvalue weighted by molar-refractivity contribution is 7.99. The van der Waals surface area contributed by atoms with Crippen LogP contribution >= 0.6 is 35.1 Å². The zero-order valence-corrected chi connectivity index (χ0v) is 15.9. The van der Waals surface area contributed by atoms with Gasteiger partial charge in [0, 0.05) is 34.6 Å². The Morgan fingerprint density at radius 3 is 2.62 bits per heavy atom. The summed E-state index contributed by atoms with van der Waals surface area (Å²) in [5.41, 5.74) is 2.66. The van der Waals surface area contributed by atoms with Gasteiger partial charge < -0.3 is 4.74 Å². The van der Waals surface area contributed by atoms with Crippen LogP contribution in [0.3, 0.4) is 0 Å². The van der Waals surface area contributed by atoms with Crippen LogP contribution in [0.25, 0.3) is 0 Å². The van der Waals surface area contributed by atoms with E-state index in [-0.39, 0.29) is 12.7 Å². The van der Waals surface area contributed by atoms with Gasteiger partial charge in [-0.15, -0.1) is 0 Å². The maximum Gasteiger partial charge on any atom is 0.306 e. The van der Waals surface area contributed by atoms with Crippen molar-refractivity contribution in [2.75, 3.05) is 25.2 Å². The normalized spacial score (nSPS) is 13.3. The Bertz CT molecular complexity index is 811. The third kappa shape index (κ3) is 3.22. The summed E-state index contributed by atoms with van der Waals surface area (Å²) in [6.07, 6.45) is 0. The molecule has 1 aliphatic heterocycles. The van der Waals surface area contributed by atoms with Crippen LogP contribution in [-0.2, 0) is 9.53 Å². The number of rotatable bonds is 3. The van der Waals surface area contributed by atoms with Crippen LogP contribution in [0.5, 0.6) is 0 Å². The molecular weight excluding hydrogens is 367 g/mol. The van der Waals surface area contributed by atoms with Crippen LogP contribution in [0.15, 0.2) is 46.2 Å². The molecule has 3 rings (SSSR count). The molecule has 24 heavy (non-hydrogen) atoms. The van der Waals surface area contributed by atoms with Crippen molar-refractivity contribution in [2.45, 2.75) is 16.7 Å². The van der Waals surface area contributed by atoms with Crippen LogP contribution in [-0.4, -0.2) is 26.8 Å². The summed E-state index contributed by atoms with van der Waals surface area (Å²) < 4.78 is 7.13. The third-order valence-corrected chi connectivity index (χ3v) is 5.56. The maximum atomic E-state index is 11.1. The molecule has 0 unspecified atom stereocenters. The number of esters is 1. The van der Waals surface area contributed by atoms with Crippen molar-refractivity contribution in [1.29, 1.82) is 0 Å². The minimum atomic E-state index is -0.314. The Balaban J connectivity index is 2.01. The van der Waals surface area contributed by atoms with Crippen molar-refractivity contribution in [2.24, 2.45) is 0 Å². The van der Waals surface area contributed by atoms with E-state index >= 15 is 0 Å². The Morgan fingerprint density at radius 2 is 1.92 bits per heavy atom. The van der Waals surface area contributed by atoms with Crippen LogP contribution in [0.4, 0.5) is 17.1 Å². The largest absolute Gasteiger partial charge is 0.415 e. The van der Waals surface area contributed by atoms with E-state index in [2.05, 4.69) is 0 Å². The second kappa shape index (κ2) is 6.48. The lowest BCUT2D eigenvalue weighted by Gasteiger charge is -2.32. The van der Waals surface area contributed by atoms with E-state index in [0.717, 1.165) is 26.9 Å². The second-order valence-electron chi connectivity index (χ2n) is 6.07. The summed E-state index contributed by atoms with van der Waals surface area (Å²) in [6, 6.07) is 11.8. The number of ether oxygens (including phenoxy) is 1. The zero-order chi connectivity index (χ0) is 17.5. The molecule has 0 saturated heterocycles. The van der Waals surface area contributed by atoms with Crippen LogP contribution < -0.4 is 8.90 Å². The van der Waals surface area contributed by atoms with Crippen molar-refractivity contribution in [3.8, 4) is 0 Å². The van der Waals surface area contributed by atoms with Crippen LogP contribution in [0, 0.1) is 0 Å². The minimum Gasteiger partial charge on any atom is -0.415 e. The molecule has 0 N–H and O–H groups in total. The summed E-state index contributed by atoms with van der Waals surface area (Å²) in [6.45, 7) is 1.60. The lowest BCUT2D eigenvalue weighted by Crippen LogP contribution is -2.43. The minimum absolute atomic E-state index is 0.208. The molecule has 4 nitrogen and oxygen atoms in total. The van der Waals surface area contributed by atoms with Crippen molar-refractivity contribution in [1.82, 2.24) is 4.48 Å². The summed E-state index contributed by atoms with van der Waals surface area (Å²) in [4.78, 5) is 13.2. The highest BCUT2D eigenvalue weighted by Crippen LogP contribution is 2.51. The van der Waals surface area contributed by atoms with Gasteiger partial charge in [-0.2, -0.15) is 0 Å². The average molecular weight is 384 g/mol. The predicted molar refractivity (Wildman–Crippen MR) is 100 cm³/mol. The van der Waals surface area contributed by atoms with Crippen molar-refractivity contribution >= 4 is 58.2 Å². The fraction of sp³-hybridized carbons (Fsp3) is 0.235. The Morgan fingerprint density at radius 1 is 1.21 bits per heavy atom. The van der Waals surface area contributed by atoms with E-state index < -0.39 is 0 Å². The molecule has 0 fully saturated rings. The topological polar surface area (TPSA) is 29.5 Å². The molecule has 0 amide bonds. The molecular formula is C17H17Cl2N2O2S+. The number of quaternary nitrogens is 1. The summed E-state index contributed by atoms with van der Waals surface area (Å²) in [5.74, 6) is -0.314. The quantitative estimate of drug-likeness (QED) is 0.316. The van der Waals surface area contributed by atoms with Gasteiger partial charge in [0.25, 0.3) is 0 Å². The van der Waals surface area contributed by atoms with Crippen molar-refractivity contribution < 1.29 is 9.53 Å². The van der Waals surface area contributed by atoms with Gasteiger partial charge in [0.15, 0.2) is 5.69 Å². The van der Waals surface area contributed by atoms with E-state index in [1.165, 1.54) is 6.92 Å². The van der Waals surface area contributed by atoms with E-state index in [9.17, 15) is 4.79 Å². The molecule has 1 heterocycles. The number of anilines is 2. The number of para-hydroxylation sites is 1. The molecule has 0 spiro atoms. The molecule has 7 heteroatoms. The second-order valence-corrected chi connectivity index (χ2v) is 7.90. The standard InChI is InChI=1S/C17H17Cl2N2O2S/c1-11(22)23-10-21(2,3)15-9-17-14(8-12(15)18)20(19)13-6-4-5-7-16(13)24-17/h4-9H,10H2,1-3H3/q+1. The van der Waals surface area contributed by atoms with Gasteiger partial charge in [-0.3, -0.25) is 13.7 Å². The Labute approximate surface area is 155 Å². The average Bonchev–Trinajstić information content (AvgIpc) is 2.53. The Hall–Kier alpha value is -1.40. The third-order valence-electron chi connectivity index (χ3n) is 3.78. The SMILES string of the molecule is CC(=O)OC[N+](C)(C)c1cc2c(cc1Cl)N(Cl)c1ccccc1S2. The Kier molecular flexibility index (Phi) is 4.71. The first-order valence-corrected chi connectivity index (χ1v) is 8.86. The molecule has 126 valence electrons. The van der Waals surface area contributed by atoms with Gasteiger partial charge in [0.05, 0.1) is 25.5 Å². The molecule has 0 aliphatic carbocycles. The number of hydrogen-bond acceptors (Lipinski definition) is 4. The van der Waals surface area contributed by atoms with Crippen LogP contribution in [0.1, 0.15) is 6.92 Å². The number of benzene rings is 2. The highest BCUT2D eigenvalue weighted by Gasteiger charge is 2.29. The van der Waals surface area contributed by atoms with Gasteiger partial charge in [0.2, 0.25) is 6.73 Å². The van der Waals surface area contributed by atoms with Gasteiger partial charge >= 0.3 is 5.97 Å². The van der Waals surface area contributed by atoms with Crippen LogP contribution in [0.2, 0.25) is 5.02 Å². The van der Waals surface area contributed by atoms with Crippen molar-refractivity contribution in [3.63, 3.8) is 0 Å². The highest BCUT2D eigenvalue weighted by atomic mass is 35.5. The first kappa shape index (κ1) is 17.4. The van der Waals surface area contributed by atoms with E-state index in [1.807, 2.05) is 50.5 Å². The van der Waals surface area contributed by atoms with Crippen molar-refractivity contribution in [3.05, 3.63) is 41.4 Å². The van der Waals surface area contributed by atoms with Gasteiger partial charge in [-0.1, -0.05) is 35.5 Å². The first-order valence-electron chi connectivity index (χ1n) is 7.33. The number of fused-ring (bicyclic) bond motifs is 2. The molecule has 0 aromatic heterocycles. The maximum absolute atomic E-state index is 11.1. The molecule has 0 bridgehead atoms. The van der Waals surface area contributed by atoms with Gasteiger partial charge in [-0.05, 0) is 18.2 Å². The molecule has 0 radical (unpaired) electrons. The van der Waals surface area contributed by atoms with Gasteiger partial charge in [-0.25, -0.2) is 0 Å². The summed E-state index contributed by atoms with van der Waals surface area (Å²) in [5, 5.41) is 0.580. The smallest absolute Gasteiger partial charge is 0.306 e. The van der Waals surface area contributed by atoms with E-state index in [0.29, 0.717) is 9.51 Å². The van der Waals surface area contributed by atoms with Gasteiger partial charge in [0.1, 0.15) is 5.02 Å². The predicted octanol–water partition coefficient (Wildman–Crippen LogP) is 5.18. The number of halogens is 2. The number of carbonyl (C=O) groups is 1. The molecule has 0 atom stereocenters. The molecule has 2 aromatic carbocycles. The fourth-order valence-electron chi connectivity index (χ4n) is 2.51. The lowest BCUT2D eigenvalue weighted by molar-refractivity contribution is -0.144. The summed E-state index contributed by atoms with van der Waals surface area (Å²) in [7, 11) is 3.88. The zero-order valence-electron chi connectivity index (χ0n) is 13.5. The lowest BCUT2D eigenvalue weighted by atomic mass is 10.2. The molecule has 2 aromatic rings. The number of carbonyl (C=O) groups excluding carboxylic acids is 1. The van der Waals surface area contributed by atoms with E-state index in [1.54, 1.807) is 16.2 Å². The number of hydrogen-bond donors (Lipinski definition) is 0. The van der Waals surface area contributed by atoms with E-state index in [4.69, 9.17) is 28.1 Å². The first-order chi connectivity index (χ1) is 11.3. The fourth-order valence-corrected chi connectivity index (χ4v) is 4.35. The summed E-state index contributed by atoms with van der Waals surface area (Å²) >= 11 is 14.7. The molecule has 0 saturated carbocycles. The monoisotopic (exact) mass is 383 g/mol. The number of nitrogens with zero attached hydrogens (tertiary/aromatic N) is 2. The molecule has 1 aliphatic rings.